The van der Waals surface area contributed by atoms with Gasteiger partial charge in [0, 0.05) is 0 Å². The molecule has 0 saturated heterocycles. The van der Waals surface area contributed by atoms with Gasteiger partial charge in [0.25, 0.3) is 0 Å². The van der Waals surface area contributed by atoms with Crippen LogP contribution in [0.15, 0.2) is 24.3 Å². The van der Waals surface area contributed by atoms with E-state index >= 15 is 0 Å². The van der Waals surface area contributed by atoms with Crippen LogP contribution >= 0.6 is 0 Å². The fourth-order valence-corrected chi connectivity index (χ4v) is 2.05. The second-order valence-corrected chi connectivity index (χ2v) is 9.43. The number of fused-ring (bicyclic) bond motifs is 1. The van der Waals surface area contributed by atoms with E-state index in [2.05, 4.69) is 19.6 Å². The third-order valence-electron chi connectivity index (χ3n) is 2.31. The van der Waals surface area contributed by atoms with Crippen molar-refractivity contribution in [1.29, 1.82) is 0 Å². The first-order valence-corrected chi connectivity index (χ1v) is 8.39. The lowest BCUT2D eigenvalue weighted by molar-refractivity contribution is 0.459. The van der Waals surface area contributed by atoms with Crippen molar-refractivity contribution < 1.29 is 9.31 Å². The predicted octanol–water partition coefficient (Wildman–Crippen LogP) is 1.66. The van der Waals surface area contributed by atoms with E-state index in [0.29, 0.717) is 0 Å². The molecule has 0 atom stereocenters. The highest BCUT2D eigenvalue weighted by molar-refractivity contribution is 6.85. The van der Waals surface area contributed by atoms with Crippen LogP contribution in [0.1, 0.15) is 0 Å². The lowest BCUT2D eigenvalue weighted by Crippen LogP contribution is -2.57. The van der Waals surface area contributed by atoms with Crippen molar-refractivity contribution in [3.8, 4) is 11.5 Å². The molecule has 76 valence electrons. The molecule has 3 nitrogen and oxygen atoms in total. The molecular formula is C9H13B2NO2Si. The van der Waals surface area contributed by atoms with Crippen LogP contribution in [0.5, 0.6) is 11.5 Å². The number of hydrogen-bond acceptors (Lipinski definition) is 3. The van der Waals surface area contributed by atoms with Gasteiger partial charge in [-0.25, -0.2) is 0 Å². The summed E-state index contributed by atoms with van der Waals surface area (Å²) in [6, 6.07) is 7.60. The molecule has 1 aromatic carbocycles. The van der Waals surface area contributed by atoms with E-state index in [1.165, 1.54) is 0 Å². The van der Waals surface area contributed by atoms with Crippen LogP contribution in [0, 0.1) is 0 Å². The van der Waals surface area contributed by atoms with E-state index in [9.17, 15) is 0 Å². The van der Waals surface area contributed by atoms with Gasteiger partial charge in [0.15, 0.2) is 7.98 Å². The largest absolute Gasteiger partial charge is 0.682 e. The van der Waals surface area contributed by atoms with E-state index in [1.807, 2.05) is 24.3 Å². The zero-order chi connectivity index (χ0) is 11.1. The Morgan fingerprint density at radius 3 is 2.00 bits per heavy atom. The molecule has 0 aliphatic carbocycles. The van der Waals surface area contributed by atoms with Crippen LogP contribution in [0.4, 0.5) is 0 Å². The quantitative estimate of drug-likeness (QED) is 0.703. The summed E-state index contributed by atoms with van der Waals surface area (Å²) in [5.41, 5.74) is 0. The second kappa shape index (κ2) is 3.61. The molecule has 0 unspecified atom stereocenters. The Labute approximate surface area is 93.1 Å². The zero-order valence-corrected chi connectivity index (χ0v) is 10.2. The third kappa shape index (κ3) is 2.05. The van der Waals surface area contributed by atoms with Crippen molar-refractivity contribution in [3.63, 3.8) is 0 Å². The second-order valence-electron chi connectivity index (χ2n) is 4.57. The molecule has 0 bridgehead atoms. The summed E-state index contributed by atoms with van der Waals surface area (Å²) in [5, 5.41) is 0. The molecule has 0 saturated carbocycles. The summed E-state index contributed by atoms with van der Waals surface area (Å²) in [6.07, 6.45) is 0. The molecule has 1 heterocycles. The fraction of sp³-hybridized carbons (Fsp3) is 0.333. The van der Waals surface area contributed by atoms with Crippen LogP contribution < -0.4 is 9.31 Å². The Hall–Kier alpha value is -0.873. The van der Waals surface area contributed by atoms with Crippen molar-refractivity contribution in [1.82, 2.24) is 4.39 Å². The molecule has 2 rings (SSSR count). The zero-order valence-electron chi connectivity index (χ0n) is 9.23. The molecule has 0 N–H and O–H groups in total. The van der Waals surface area contributed by atoms with Gasteiger partial charge in [-0.2, -0.15) is 0 Å². The minimum Gasteiger partial charge on any atom is -0.510 e. The van der Waals surface area contributed by atoms with Gasteiger partial charge in [-0.05, 0) is 12.1 Å². The smallest absolute Gasteiger partial charge is 0.510 e. The number of nitrogens with zero attached hydrogens (tertiary/aromatic N) is 1. The van der Waals surface area contributed by atoms with Crippen LogP contribution in [0.25, 0.3) is 0 Å². The Kier molecular flexibility index (Phi) is 2.56. The van der Waals surface area contributed by atoms with E-state index in [1.54, 1.807) is 4.39 Å². The standard InChI is InChI=1S/C9H13B2NO2Si/c1-15(2,3)12(10)11-13-8-6-4-5-7-9(8)14-11/h4-7H,1-3H3. The maximum atomic E-state index is 5.98. The highest BCUT2D eigenvalue weighted by Crippen LogP contribution is 2.33. The summed E-state index contributed by atoms with van der Waals surface area (Å²) >= 11 is 0. The lowest BCUT2D eigenvalue weighted by atomic mass is 10.1. The molecule has 1 aliphatic rings. The van der Waals surface area contributed by atoms with Crippen LogP contribution in [0.2, 0.25) is 19.6 Å². The Bertz CT molecular complexity index is 344. The van der Waals surface area contributed by atoms with Gasteiger partial charge in [0.1, 0.15) is 19.7 Å². The first-order valence-electron chi connectivity index (χ1n) is 4.95. The molecule has 2 radical (unpaired) electrons. The monoisotopic (exact) mass is 217 g/mol. The minimum absolute atomic E-state index is 0.478. The molecule has 1 aromatic rings. The predicted molar refractivity (Wildman–Crippen MR) is 64.4 cm³/mol. The van der Waals surface area contributed by atoms with Gasteiger partial charge >= 0.3 is 7.25 Å². The number of rotatable bonds is 2. The van der Waals surface area contributed by atoms with Gasteiger partial charge in [0.2, 0.25) is 0 Å². The summed E-state index contributed by atoms with van der Waals surface area (Å²) < 4.78 is 12.9. The van der Waals surface area contributed by atoms with Gasteiger partial charge in [-0.3, -0.25) is 0 Å². The first kappa shape index (κ1) is 10.6. The SMILES string of the molecule is [B]N(B1Oc2ccccc2O1)[Si](C)(C)C. The minimum atomic E-state index is -1.60. The molecule has 0 aromatic heterocycles. The van der Waals surface area contributed by atoms with Gasteiger partial charge < -0.3 is 13.7 Å². The number of benzene rings is 1. The number of hydrogen-bond donors (Lipinski definition) is 0. The lowest BCUT2D eigenvalue weighted by Gasteiger charge is -2.30. The van der Waals surface area contributed by atoms with E-state index in [4.69, 9.17) is 17.3 Å². The van der Waals surface area contributed by atoms with Crippen molar-refractivity contribution in [2.24, 2.45) is 0 Å². The van der Waals surface area contributed by atoms with Gasteiger partial charge in [-0.1, -0.05) is 31.8 Å². The average Bonchev–Trinajstić information content (AvgIpc) is 2.58. The normalized spacial score (nSPS) is 14.8. The van der Waals surface area contributed by atoms with Crippen molar-refractivity contribution >= 4 is 23.5 Å². The molecular weight excluding hydrogens is 204 g/mol. The third-order valence-corrected chi connectivity index (χ3v) is 4.07. The number of para-hydroxylation sites is 2. The van der Waals surface area contributed by atoms with Gasteiger partial charge in [0.05, 0.1) is 0 Å². The maximum Gasteiger partial charge on any atom is 0.682 e. The van der Waals surface area contributed by atoms with E-state index in [-0.39, 0.29) is 0 Å². The Morgan fingerprint density at radius 1 is 1.13 bits per heavy atom. The molecule has 1 aliphatic heterocycles. The molecule has 6 heteroatoms. The fourth-order valence-electron chi connectivity index (χ4n) is 1.32. The molecule has 0 amide bonds. The van der Waals surface area contributed by atoms with Crippen LogP contribution in [-0.2, 0) is 0 Å². The molecule has 0 spiro atoms. The first-order chi connectivity index (χ1) is 6.98. The van der Waals surface area contributed by atoms with E-state index in [0.717, 1.165) is 11.5 Å². The van der Waals surface area contributed by atoms with Crippen molar-refractivity contribution in [2.75, 3.05) is 0 Å². The summed E-state index contributed by atoms with van der Waals surface area (Å²) in [5.74, 6) is 1.52. The Morgan fingerprint density at radius 2 is 1.60 bits per heavy atom. The maximum absolute atomic E-state index is 5.98. The van der Waals surface area contributed by atoms with Crippen LogP contribution in [0.3, 0.4) is 0 Å². The topological polar surface area (TPSA) is 21.7 Å². The van der Waals surface area contributed by atoms with E-state index < -0.39 is 15.5 Å². The highest BCUT2D eigenvalue weighted by Gasteiger charge is 2.41. The summed E-state index contributed by atoms with van der Waals surface area (Å²) in [7, 11) is 3.90. The van der Waals surface area contributed by atoms with Crippen molar-refractivity contribution in [3.05, 3.63) is 24.3 Å². The summed E-state index contributed by atoms with van der Waals surface area (Å²) in [4.78, 5) is 0. The van der Waals surface area contributed by atoms with Crippen LogP contribution in [-0.4, -0.2) is 27.9 Å². The molecule has 15 heavy (non-hydrogen) atoms. The summed E-state index contributed by atoms with van der Waals surface area (Å²) in [6.45, 7) is 6.42. The average molecular weight is 217 g/mol. The van der Waals surface area contributed by atoms with Crippen molar-refractivity contribution in [2.45, 2.75) is 19.6 Å². The van der Waals surface area contributed by atoms with Gasteiger partial charge in [-0.15, -0.1) is 0 Å². The molecule has 0 fully saturated rings. The highest BCUT2D eigenvalue weighted by atomic mass is 28.3. The Balaban J connectivity index is 2.14.